The molecule has 0 spiro atoms. The van der Waals surface area contributed by atoms with Gasteiger partial charge in [0.05, 0.1) is 0 Å². The van der Waals surface area contributed by atoms with Gasteiger partial charge in [-0.1, -0.05) is 0 Å². The maximum atomic E-state index is 8.59. The molecule has 0 atom stereocenters. The minimum atomic E-state index is -1.66. The van der Waals surface area contributed by atoms with Crippen LogP contribution in [-0.2, 0) is 0 Å². The quantitative estimate of drug-likeness (QED) is 0.639. The monoisotopic (exact) mass is 196 g/mol. The molecule has 0 aromatic carbocycles. The van der Waals surface area contributed by atoms with Gasteiger partial charge in [0.15, 0.2) is 0 Å². The summed E-state index contributed by atoms with van der Waals surface area (Å²) in [7, 11) is 0. The van der Waals surface area contributed by atoms with Gasteiger partial charge in [-0.15, -0.1) is 0 Å². The summed E-state index contributed by atoms with van der Waals surface area (Å²) in [6.07, 6.45) is 0. The second-order valence-electron chi connectivity index (χ2n) is 3.11. The molecular weight excluding hydrogens is 179 g/mol. The number of rotatable bonds is 4. The van der Waals surface area contributed by atoms with E-state index in [2.05, 4.69) is 11.4 Å². The second kappa shape index (κ2) is 4.32. The zero-order valence-corrected chi connectivity index (χ0v) is 8.32. The van der Waals surface area contributed by atoms with Crippen molar-refractivity contribution in [1.29, 1.82) is 0 Å². The van der Waals surface area contributed by atoms with Gasteiger partial charge in [0.2, 0.25) is 0 Å². The van der Waals surface area contributed by atoms with Crippen molar-refractivity contribution in [1.82, 2.24) is 0 Å². The van der Waals surface area contributed by atoms with Crippen LogP contribution in [-0.4, -0.2) is 37.0 Å². The predicted octanol–water partition coefficient (Wildman–Crippen LogP) is 0.412. The SMILES string of the molecule is C[AsH](C)(CCO)CCO. The van der Waals surface area contributed by atoms with Crippen molar-refractivity contribution in [3.05, 3.63) is 0 Å². The van der Waals surface area contributed by atoms with E-state index in [1.54, 1.807) is 0 Å². The van der Waals surface area contributed by atoms with Crippen molar-refractivity contribution < 1.29 is 10.2 Å². The summed E-state index contributed by atoms with van der Waals surface area (Å²) in [6, 6.07) is 0. The summed E-state index contributed by atoms with van der Waals surface area (Å²) in [4.78, 5) is 0. The maximum absolute atomic E-state index is 8.59. The first-order valence-corrected chi connectivity index (χ1v) is 10.5. The number of hydrogen-bond acceptors (Lipinski definition) is 2. The zero-order chi connectivity index (χ0) is 7.33. The topological polar surface area (TPSA) is 40.5 Å². The van der Waals surface area contributed by atoms with E-state index in [1.807, 2.05) is 0 Å². The van der Waals surface area contributed by atoms with Gasteiger partial charge >= 0.3 is 58.8 Å². The van der Waals surface area contributed by atoms with E-state index in [1.165, 1.54) is 0 Å². The minimum absolute atomic E-state index is 0.299. The number of hydrogen-bond donors (Lipinski definition) is 2. The molecule has 9 heavy (non-hydrogen) atoms. The molecule has 0 aliphatic heterocycles. The molecule has 58 valence electrons. The number of aliphatic hydroxyl groups excluding tert-OH is 2. The van der Waals surface area contributed by atoms with Gasteiger partial charge in [0, 0.05) is 0 Å². The van der Waals surface area contributed by atoms with E-state index in [4.69, 9.17) is 10.2 Å². The molecule has 0 bridgehead atoms. The van der Waals surface area contributed by atoms with Gasteiger partial charge in [-0.2, -0.15) is 0 Å². The fraction of sp³-hybridized carbons (Fsp3) is 1.00. The molecule has 2 nitrogen and oxygen atoms in total. The standard InChI is InChI=1S/C6H17AsO2/c1-7(2,3-5-8)4-6-9/h7-9H,3-6H2,1-2H3. The summed E-state index contributed by atoms with van der Waals surface area (Å²) in [6.45, 7) is 0.597. The van der Waals surface area contributed by atoms with Crippen LogP contribution >= 0.6 is 0 Å². The van der Waals surface area contributed by atoms with Crippen LogP contribution in [0.4, 0.5) is 0 Å². The molecule has 3 heteroatoms. The van der Waals surface area contributed by atoms with Crippen molar-refractivity contribution in [2.24, 2.45) is 0 Å². The third-order valence-electron chi connectivity index (χ3n) is 1.58. The molecule has 0 aromatic heterocycles. The molecule has 0 saturated carbocycles. The summed E-state index contributed by atoms with van der Waals surface area (Å²) in [5.74, 6) is 0. The van der Waals surface area contributed by atoms with Gasteiger partial charge in [0.25, 0.3) is 0 Å². The van der Waals surface area contributed by atoms with E-state index in [-0.39, 0.29) is 0 Å². The predicted molar refractivity (Wildman–Crippen MR) is 42.7 cm³/mol. The van der Waals surface area contributed by atoms with Crippen LogP contribution in [0, 0.1) is 0 Å². The molecule has 0 rings (SSSR count). The van der Waals surface area contributed by atoms with E-state index in [9.17, 15) is 0 Å². The van der Waals surface area contributed by atoms with Crippen molar-refractivity contribution >= 4 is 13.6 Å². The van der Waals surface area contributed by atoms with Crippen molar-refractivity contribution in [3.8, 4) is 0 Å². The Kier molecular flexibility index (Phi) is 4.55. The Hall–Kier alpha value is 0.478. The van der Waals surface area contributed by atoms with Gasteiger partial charge in [0.1, 0.15) is 0 Å². The van der Waals surface area contributed by atoms with E-state index in [0.717, 1.165) is 10.4 Å². The fourth-order valence-electron chi connectivity index (χ4n) is 0.730. The summed E-state index contributed by atoms with van der Waals surface area (Å²) >= 11 is -1.66. The van der Waals surface area contributed by atoms with Gasteiger partial charge in [-0.25, -0.2) is 0 Å². The summed E-state index contributed by atoms with van der Waals surface area (Å²) < 4.78 is 0. The molecule has 0 saturated heterocycles. The molecule has 0 unspecified atom stereocenters. The molecule has 0 aliphatic rings. The third-order valence-corrected chi connectivity index (χ3v) is 8.20. The molecule has 2 N–H and O–H groups in total. The number of aliphatic hydroxyl groups is 2. The van der Waals surface area contributed by atoms with E-state index < -0.39 is 13.6 Å². The fourth-order valence-corrected chi connectivity index (χ4v) is 3.79. The Morgan fingerprint density at radius 2 is 1.33 bits per heavy atom. The van der Waals surface area contributed by atoms with Gasteiger partial charge in [-0.05, 0) is 0 Å². The first-order chi connectivity index (χ1) is 4.12. The first-order valence-electron chi connectivity index (χ1n) is 3.34. The van der Waals surface area contributed by atoms with Gasteiger partial charge < -0.3 is 0 Å². The summed E-state index contributed by atoms with van der Waals surface area (Å²) in [5.41, 5.74) is 4.46. The van der Waals surface area contributed by atoms with Crippen LogP contribution in [0.3, 0.4) is 0 Å². The van der Waals surface area contributed by atoms with Crippen molar-refractivity contribution in [3.63, 3.8) is 0 Å². The Bertz CT molecular complexity index is 65.5. The van der Waals surface area contributed by atoms with Crippen LogP contribution in [0.1, 0.15) is 0 Å². The van der Waals surface area contributed by atoms with Crippen LogP contribution in [0.2, 0.25) is 21.8 Å². The van der Waals surface area contributed by atoms with Crippen LogP contribution in [0.5, 0.6) is 0 Å². The molecule has 0 fully saturated rings. The molecule has 0 radical (unpaired) electrons. The Labute approximate surface area is 59.3 Å². The zero-order valence-electron chi connectivity index (χ0n) is 6.22. The molecule has 0 aromatic rings. The van der Waals surface area contributed by atoms with Crippen LogP contribution < -0.4 is 0 Å². The Morgan fingerprint density at radius 3 is 1.56 bits per heavy atom. The third kappa shape index (κ3) is 4.95. The normalized spacial score (nSPS) is 13.8. The van der Waals surface area contributed by atoms with Gasteiger partial charge in [-0.3, -0.25) is 0 Å². The molecule has 0 aliphatic carbocycles. The second-order valence-corrected chi connectivity index (χ2v) is 14.3. The Morgan fingerprint density at radius 1 is 1.00 bits per heavy atom. The van der Waals surface area contributed by atoms with Crippen molar-refractivity contribution in [2.75, 3.05) is 13.2 Å². The summed E-state index contributed by atoms with van der Waals surface area (Å²) in [5, 5.41) is 19.1. The molecule has 0 amide bonds. The molecule has 0 heterocycles. The van der Waals surface area contributed by atoms with E-state index in [0.29, 0.717) is 13.2 Å². The first kappa shape index (κ1) is 9.48. The Balaban J connectivity index is 3.43. The van der Waals surface area contributed by atoms with E-state index >= 15 is 0 Å². The van der Waals surface area contributed by atoms with Crippen molar-refractivity contribution in [2.45, 2.75) is 21.8 Å². The van der Waals surface area contributed by atoms with Crippen LogP contribution in [0.15, 0.2) is 0 Å². The van der Waals surface area contributed by atoms with Crippen LogP contribution in [0.25, 0.3) is 0 Å². The average Bonchev–Trinajstić information content (AvgIpc) is 1.64. The molecular formula is C6H17AsO2. The average molecular weight is 196 g/mol.